The van der Waals surface area contributed by atoms with Crippen molar-refractivity contribution in [2.75, 3.05) is 33.6 Å². The number of halogens is 2. The molecule has 0 aromatic heterocycles. The highest BCUT2D eigenvalue weighted by Gasteiger charge is 2.17. The van der Waals surface area contributed by atoms with Crippen molar-refractivity contribution in [1.29, 1.82) is 0 Å². The molecule has 0 radical (unpaired) electrons. The second-order valence-electron chi connectivity index (χ2n) is 5.45. The summed E-state index contributed by atoms with van der Waals surface area (Å²) in [5.41, 5.74) is 6.79. The number of nitrogens with one attached hydrogen (secondary N) is 1. The van der Waals surface area contributed by atoms with Crippen LogP contribution in [0.25, 0.3) is 0 Å². The first-order chi connectivity index (χ1) is 12.4. The lowest BCUT2D eigenvalue weighted by atomic mass is 10.1. The zero-order valence-corrected chi connectivity index (χ0v) is 16.7. The Balaban J connectivity index is 0.00000364. The third-order valence-corrected chi connectivity index (χ3v) is 4.11. The predicted octanol–water partition coefficient (Wildman–Crippen LogP) is 2.83. The Kier molecular flexibility index (Phi) is 8.49. The second kappa shape index (κ2) is 10.1. The van der Waals surface area contributed by atoms with E-state index < -0.39 is 12.0 Å². The summed E-state index contributed by atoms with van der Waals surface area (Å²) in [6.45, 7) is -0.0275. The number of rotatable bonds is 7. The maximum Gasteiger partial charge on any atom is 0.255 e. The molecule has 0 saturated heterocycles. The van der Waals surface area contributed by atoms with Crippen LogP contribution >= 0.6 is 24.0 Å². The summed E-state index contributed by atoms with van der Waals surface area (Å²) < 4.78 is 15.5. The van der Waals surface area contributed by atoms with E-state index in [2.05, 4.69) is 5.32 Å². The molecule has 2 aromatic rings. The van der Waals surface area contributed by atoms with E-state index in [9.17, 15) is 9.90 Å². The van der Waals surface area contributed by atoms with Crippen molar-refractivity contribution in [3.8, 4) is 17.2 Å². The van der Waals surface area contributed by atoms with E-state index in [0.29, 0.717) is 28.5 Å². The average molecular weight is 417 g/mol. The minimum Gasteiger partial charge on any atom is -0.497 e. The van der Waals surface area contributed by atoms with Crippen LogP contribution in [0.4, 0.5) is 5.69 Å². The maximum absolute atomic E-state index is 12.4. The minimum absolute atomic E-state index is 0. The van der Waals surface area contributed by atoms with Gasteiger partial charge in [0.25, 0.3) is 5.91 Å². The summed E-state index contributed by atoms with van der Waals surface area (Å²) in [6, 6.07) is 7.92. The van der Waals surface area contributed by atoms with Crippen LogP contribution in [-0.2, 0) is 0 Å². The fraction of sp³-hybridized carbons (Fsp3) is 0.278. The number of methoxy groups -OCH3 is 3. The molecule has 9 heteroatoms. The van der Waals surface area contributed by atoms with Crippen molar-refractivity contribution < 1.29 is 24.1 Å². The van der Waals surface area contributed by atoms with E-state index in [4.69, 9.17) is 31.5 Å². The highest BCUT2D eigenvalue weighted by molar-refractivity contribution is 6.33. The number of carbonyl (C=O) groups excluding carboxylic acids is 1. The summed E-state index contributed by atoms with van der Waals surface area (Å²) in [5.74, 6) is 0.924. The number of nitrogen functional groups attached to an aromatic ring is 1. The fourth-order valence-corrected chi connectivity index (χ4v) is 2.50. The Morgan fingerprint density at radius 2 is 1.70 bits per heavy atom. The van der Waals surface area contributed by atoms with Crippen LogP contribution in [0.5, 0.6) is 17.2 Å². The number of anilines is 1. The molecule has 0 fully saturated rings. The smallest absolute Gasteiger partial charge is 0.255 e. The molecular formula is C18H22Cl2N2O5. The molecule has 0 bridgehead atoms. The normalized spacial score (nSPS) is 11.1. The minimum atomic E-state index is -0.960. The van der Waals surface area contributed by atoms with E-state index in [0.717, 1.165) is 0 Å². The molecule has 0 saturated carbocycles. The number of hydrogen-bond acceptors (Lipinski definition) is 6. The third-order valence-electron chi connectivity index (χ3n) is 3.78. The van der Waals surface area contributed by atoms with Crippen LogP contribution in [0.3, 0.4) is 0 Å². The molecule has 148 valence electrons. The predicted molar refractivity (Wildman–Crippen MR) is 107 cm³/mol. The Morgan fingerprint density at radius 3 is 2.22 bits per heavy atom. The van der Waals surface area contributed by atoms with Gasteiger partial charge in [-0.25, -0.2) is 0 Å². The summed E-state index contributed by atoms with van der Waals surface area (Å²) in [6.07, 6.45) is -0.960. The lowest BCUT2D eigenvalue weighted by molar-refractivity contribution is 0.0913. The fourth-order valence-electron chi connectivity index (χ4n) is 2.34. The van der Waals surface area contributed by atoms with Gasteiger partial charge >= 0.3 is 0 Å². The Morgan fingerprint density at radius 1 is 1.11 bits per heavy atom. The van der Waals surface area contributed by atoms with E-state index in [1.165, 1.54) is 33.5 Å². The van der Waals surface area contributed by atoms with Crippen molar-refractivity contribution in [2.45, 2.75) is 6.10 Å². The standard InChI is InChI=1S/C18H21ClN2O5.ClH/c1-24-11-4-10(5-12(6-11)25-2)16(22)9-21-18(23)13-7-14(19)15(20)8-17(13)26-3;/h4-8,16,22H,9,20H2,1-3H3,(H,21,23);1H. The van der Waals surface area contributed by atoms with Crippen molar-refractivity contribution >= 4 is 35.6 Å². The zero-order valence-electron chi connectivity index (χ0n) is 15.1. The molecule has 4 N–H and O–H groups in total. The quantitative estimate of drug-likeness (QED) is 0.599. The number of nitrogens with two attached hydrogens (primary N) is 1. The van der Waals surface area contributed by atoms with Gasteiger partial charge in [0.2, 0.25) is 0 Å². The van der Waals surface area contributed by atoms with Crippen LogP contribution in [-0.4, -0.2) is 38.9 Å². The largest absolute Gasteiger partial charge is 0.497 e. The van der Waals surface area contributed by atoms with Gasteiger partial charge in [-0.2, -0.15) is 0 Å². The van der Waals surface area contributed by atoms with Gasteiger partial charge in [0, 0.05) is 18.7 Å². The van der Waals surface area contributed by atoms with Crippen LogP contribution < -0.4 is 25.3 Å². The Hall–Kier alpha value is -2.35. The molecule has 7 nitrogen and oxygen atoms in total. The molecule has 0 heterocycles. The first kappa shape index (κ1) is 22.7. The summed E-state index contributed by atoms with van der Waals surface area (Å²) in [4.78, 5) is 12.4. The van der Waals surface area contributed by atoms with Gasteiger partial charge in [0.05, 0.1) is 43.7 Å². The molecule has 2 aromatic carbocycles. The van der Waals surface area contributed by atoms with Crippen LogP contribution in [0.1, 0.15) is 22.0 Å². The SMILES string of the molecule is COc1cc(OC)cc(C(O)CNC(=O)c2cc(Cl)c(N)cc2OC)c1.Cl. The van der Waals surface area contributed by atoms with Crippen LogP contribution in [0.15, 0.2) is 30.3 Å². The third kappa shape index (κ3) is 5.56. The Labute approximate surface area is 168 Å². The summed E-state index contributed by atoms with van der Waals surface area (Å²) in [7, 11) is 4.46. The maximum atomic E-state index is 12.4. The monoisotopic (exact) mass is 416 g/mol. The summed E-state index contributed by atoms with van der Waals surface area (Å²) in [5, 5.41) is 13.3. The first-order valence-electron chi connectivity index (χ1n) is 7.71. The van der Waals surface area contributed by atoms with Gasteiger partial charge in [-0.15, -0.1) is 12.4 Å². The van der Waals surface area contributed by atoms with Gasteiger partial charge in [0.15, 0.2) is 0 Å². The molecule has 1 atom stereocenters. The highest BCUT2D eigenvalue weighted by Crippen LogP contribution is 2.29. The molecule has 0 aliphatic heterocycles. The second-order valence-corrected chi connectivity index (χ2v) is 5.85. The number of aliphatic hydroxyl groups is 1. The molecule has 2 rings (SSSR count). The van der Waals surface area contributed by atoms with Crippen molar-refractivity contribution in [3.05, 3.63) is 46.5 Å². The van der Waals surface area contributed by atoms with Crippen molar-refractivity contribution in [2.24, 2.45) is 0 Å². The Bertz CT molecular complexity index is 779. The van der Waals surface area contributed by atoms with Crippen LogP contribution in [0, 0.1) is 0 Å². The summed E-state index contributed by atoms with van der Waals surface area (Å²) >= 11 is 5.97. The van der Waals surface area contributed by atoms with Gasteiger partial charge in [-0.1, -0.05) is 11.6 Å². The number of benzene rings is 2. The number of hydrogen-bond donors (Lipinski definition) is 3. The van der Waals surface area contributed by atoms with Crippen molar-refractivity contribution in [3.63, 3.8) is 0 Å². The average Bonchev–Trinajstić information content (AvgIpc) is 2.66. The molecule has 1 unspecified atom stereocenters. The first-order valence-corrected chi connectivity index (χ1v) is 8.09. The van der Waals surface area contributed by atoms with Gasteiger partial charge in [0.1, 0.15) is 17.2 Å². The highest BCUT2D eigenvalue weighted by atomic mass is 35.5. The lowest BCUT2D eigenvalue weighted by Crippen LogP contribution is -2.28. The number of carbonyl (C=O) groups is 1. The molecule has 0 aliphatic rings. The number of amides is 1. The lowest BCUT2D eigenvalue weighted by Gasteiger charge is -2.16. The zero-order chi connectivity index (χ0) is 19.3. The number of ether oxygens (including phenoxy) is 3. The van der Waals surface area contributed by atoms with Crippen molar-refractivity contribution in [1.82, 2.24) is 5.32 Å². The van der Waals surface area contributed by atoms with Crippen LogP contribution in [0.2, 0.25) is 5.02 Å². The van der Waals surface area contributed by atoms with Gasteiger partial charge < -0.3 is 30.4 Å². The molecule has 0 spiro atoms. The molecular weight excluding hydrogens is 395 g/mol. The molecule has 27 heavy (non-hydrogen) atoms. The molecule has 0 aliphatic carbocycles. The van der Waals surface area contributed by atoms with E-state index in [-0.39, 0.29) is 29.5 Å². The van der Waals surface area contributed by atoms with Gasteiger partial charge in [-0.05, 0) is 23.8 Å². The van der Waals surface area contributed by atoms with E-state index in [1.807, 2.05) is 0 Å². The van der Waals surface area contributed by atoms with Gasteiger partial charge in [-0.3, -0.25) is 4.79 Å². The topological polar surface area (TPSA) is 103 Å². The molecule has 1 amide bonds. The van der Waals surface area contributed by atoms with E-state index >= 15 is 0 Å². The van der Waals surface area contributed by atoms with E-state index in [1.54, 1.807) is 18.2 Å². The number of aliphatic hydroxyl groups excluding tert-OH is 1.